The van der Waals surface area contributed by atoms with Crippen LogP contribution < -0.4 is 0 Å². The number of rotatable bonds is 5. The molecule has 5 nitrogen and oxygen atoms in total. The lowest BCUT2D eigenvalue weighted by molar-refractivity contribution is 0.0527. The summed E-state index contributed by atoms with van der Waals surface area (Å²) in [7, 11) is 0. The summed E-state index contributed by atoms with van der Waals surface area (Å²) < 4.78 is 5.09. The molecule has 5 heteroatoms. The highest BCUT2D eigenvalue weighted by atomic mass is 16.5. The van der Waals surface area contributed by atoms with Gasteiger partial charge in [-0.05, 0) is 25.8 Å². The Morgan fingerprint density at radius 2 is 2.21 bits per heavy atom. The Kier molecular flexibility index (Phi) is 4.04. The second kappa shape index (κ2) is 5.73. The van der Waals surface area contributed by atoms with Crippen LogP contribution in [-0.4, -0.2) is 27.8 Å². The molecule has 19 heavy (non-hydrogen) atoms. The molecule has 2 aromatic rings. The van der Waals surface area contributed by atoms with Crippen LogP contribution in [0, 0.1) is 6.92 Å². The van der Waals surface area contributed by atoms with E-state index in [1.165, 1.54) is 0 Å². The molecule has 0 aliphatic carbocycles. The van der Waals surface area contributed by atoms with Gasteiger partial charge in [-0.3, -0.25) is 5.10 Å². The van der Waals surface area contributed by atoms with Gasteiger partial charge in [0, 0.05) is 17.5 Å². The Balaban J connectivity index is 2.46. The summed E-state index contributed by atoms with van der Waals surface area (Å²) in [4.78, 5) is 15.1. The molecule has 0 saturated heterocycles. The number of aromatic nitrogens is 3. The molecule has 2 heterocycles. The van der Waals surface area contributed by atoms with E-state index in [-0.39, 0.29) is 5.97 Å². The second-order valence-corrected chi connectivity index (χ2v) is 4.44. The van der Waals surface area contributed by atoms with E-state index in [9.17, 15) is 4.79 Å². The molecular weight excluding hydrogens is 242 g/mol. The molecule has 0 aliphatic rings. The van der Waals surface area contributed by atoms with Crippen LogP contribution in [0.2, 0.25) is 0 Å². The number of hydrogen-bond acceptors (Lipinski definition) is 3. The summed E-state index contributed by atoms with van der Waals surface area (Å²) in [6.07, 6.45) is 5.48. The number of H-pyrrole nitrogens is 2. The van der Waals surface area contributed by atoms with E-state index in [1.807, 2.05) is 13.1 Å². The minimum atomic E-state index is -0.307. The van der Waals surface area contributed by atoms with Gasteiger partial charge < -0.3 is 9.72 Å². The number of hydrogen-bond donors (Lipinski definition) is 2. The minimum absolute atomic E-state index is 0.307. The van der Waals surface area contributed by atoms with Crippen molar-refractivity contribution < 1.29 is 9.53 Å². The Morgan fingerprint density at radius 3 is 2.89 bits per heavy atom. The summed E-state index contributed by atoms with van der Waals surface area (Å²) in [6.45, 7) is 6.23. The third kappa shape index (κ3) is 2.54. The predicted molar refractivity (Wildman–Crippen MR) is 73.1 cm³/mol. The quantitative estimate of drug-likeness (QED) is 0.813. The summed E-state index contributed by atoms with van der Waals surface area (Å²) in [5.74, 6) is -0.307. The van der Waals surface area contributed by atoms with Crippen molar-refractivity contribution in [2.75, 3.05) is 6.61 Å². The summed E-state index contributed by atoms with van der Waals surface area (Å²) in [5, 5.41) is 7.09. The molecule has 102 valence electrons. The fourth-order valence-corrected chi connectivity index (χ4v) is 2.21. The van der Waals surface area contributed by atoms with Gasteiger partial charge in [-0.1, -0.05) is 13.3 Å². The number of carbonyl (C=O) groups is 1. The smallest absolute Gasteiger partial charge is 0.340 e. The van der Waals surface area contributed by atoms with Gasteiger partial charge in [0.15, 0.2) is 0 Å². The molecule has 0 aliphatic heterocycles. The average molecular weight is 261 g/mol. The van der Waals surface area contributed by atoms with Crippen molar-refractivity contribution >= 4 is 5.97 Å². The highest BCUT2D eigenvalue weighted by Crippen LogP contribution is 2.29. The van der Waals surface area contributed by atoms with E-state index >= 15 is 0 Å². The first-order chi connectivity index (χ1) is 9.19. The van der Waals surface area contributed by atoms with Crippen LogP contribution in [0.25, 0.3) is 11.3 Å². The Morgan fingerprint density at radius 1 is 1.42 bits per heavy atom. The van der Waals surface area contributed by atoms with Crippen molar-refractivity contribution in [3.8, 4) is 11.3 Å². The minimum Gasteiger partial charge on any atom is -0.462 e. The predicted octanol–water partition coefficient (Wildman–Crippen LogP) is 2.84. The lowest BCUT2D eigenvalue weighted by Gasteiger charge is -2.06. The molecule has 0 fully saturated rings. The van der Waals surface area contributed by atoms with Crippen molar-refractivity contribution in [2.24, 2.45) is 0 Å². The lowest BCUT2D eigenvalue weighted by Crippen LogP contribution is -2.05. The second-order valence-electron chi connectivity index (χ2n) is 4.44. The summed E-state index contributed by atoms with van der Waals surface area (Å²) >= 11 is 0. The van der Waals surface area contributed by atoms with Gasteiger partial charge in [0.2, 0.25) is 0 Å². The summed E-state index contributed by atoms with van der Waals surface area (Å²) in [6, 6.07) is 0. The molecule has 0 amide bonds. The van der Waals surface area contributed by atoms with Crippen LogP contribution >= 0.6 is 0 Å². The van der Waals surface area contributed by atoms with Crippen LogP contribution in [0.1, 0.15) is 41.9 Å². The van der Waals surface area contributed by atoms with Gasteiger partial charge in [0.25, 0.3) is 0 Å². The van der Waals surface area contributed by atoms with E-state index in [0.29, 0.717) is 12.2 Å². The number of aromatic amines is 2. The van der Waals surface area contributed by atoms with E-state index < -0.39 is 0 Å². The highest BCUT2D eigenvalue weighted by Gasteiger charge is 2.21. The van der Waals surface area contributed by atoms with E-state index in [1.54, 1.807) is 13.1 Å². The molecule has 2 N–H and O–H groups in total. The van der Waals surface area contributed by atoms with E-state index in [4.69, 9.17) is 4.74 Å². The molecule has 0 atom stereocenters. The molecule has 0 bridgehead atoms. The number of nitrogens with one attached hydrogen (secondary N) is 2. The lowest BCUT2D eigenvalue weighted by atomic mass is 10.0. The zero-order valence-corrected chi connectivity index (χ0v) is 11.5. The van der Waals surface area contributed by atoms with E-state index in [0.717, 1.165) is 35.4 Å². The van der Waals surface area contributed by atoms with Crippen LogP contribution in [0.5, 0.6) is 0 Å². The standard InChI is InChI=1S/C14H19N3O2/c1-4-6-10-7-16-17-13(10)12-9(3)15-8-11(12)14(18)19-5-2/h7-8,15H,4-6H2,1-3H3,(H,16,17). The van der Waals surface area contributed by atoms with Crippen molar-refractivity contribution in [1.82, 2.24) is 15.2 Å². The van der Waals surface area contributed by atoms with Crippen molar-refractivity contribution in [3.05, 3.63) is 29.2 Å². The zero-order chi connectivity index (χ0) is 13.8. The molecule has 0 unspecified atom stereocenters. The van der Waals surface area contributed by atoms with Gasteiger partial charge in [-0.25, -0.2) is 4.79 Å². The largest absolute Gasteiger partial charge is 0.462 e. The van der Waals surface area contributed by atoms with Gasteiger partial charge in [-0.15, -0.1) is 0 Å². The number of nitrogens with zero attached hydrogens (tertiary/aromatic N) is 1. The molecule has 2 aromatic heterocycles. The number of carbonyl (C=O) groups excluding carboxylic acids is 1. The van der Waals surface area contributed by atoms with Crippen molar-refractivity contribution in [3.63, 3.8) is 0 Å². The van der Waals surface area contributed by atoms with Crippen LogP contribution in [-0.2, 0) is 11.2 Å². The topological polar surface area (TPSA) is 70.8 Å². The van der Waals surface area contributed by atoms with Crippen LogP contribution in [0.3, 0.4) is 0 Å². The highest BCUT2D eigenvalue weighted by molar-refractivity contribution is 5.97. The molecule has 0 saturated carbocycles. The van der Waals surface area contributed by atoms with Crippen molar-refractivity contribution in [2.45, 2.75) is 33.6 Å². The Labute approximate surface area is 112 Å². The molecular formula is C14H19N3O2. The maximum absolute atomic E-state index is 12.0. The molecule has 2 rings (SSSR count). The Bertz CT molecular complexity index is 569. The first-order valence-electron chi connectivity index (χ1n) is 6.56. The fraction of sp³-hybridized carbons (Fsp3) is 0.429. The maximum Gasteiger partial charge on any atom is 0.340 e. The van der Waals surface area contributed by atoms with E-state index in [2.05, 4.69) is 22.1 Å². The third-order valence-electron chi connectivity index (χ3n) is 3.06. The normalized spacial score (nSPS) is 10.7. The fourth-order valence-electron chi connectivity index (χ4n) is 2.21. The number of ether oxygens (including phenoxy) is 1. The van der Waals surface area contributed by atoms with Gasteiger partial charge in [0.05, 0.1) is 24.1 Å². The molecule has 0 radical (unpaired) electrons. The van der Waals surface area contributed by atoms with Crippen LogP contribution in [0.15, 0.2) is 12.4 Å². The number of esters is 1. The zero-order valence-electron chi connectivity index (χ0n) is 11.5. The third-order valence-corrected chi connectivity index (χ3v) is 3.06. The van der Waals surface area contributed by atoms with Gasteiger partial charge in [-0.2, -0.15) is 5.10 Å². The Hall–Kier alpha value is -2.04. The van der Waals surface area contributed by atoms with Gasteiger partial charge >= 0.3 is 5.97 Å². The summed E-state index contributed by atoms with van der Waals surface area (Å²) in [5.41, 5.74) is 4.38. The monoisotopic (exact) mass is 261 g/mol. The maximum atomic E-state index is 12.0. The van der Waals surface area contributed by atoms with Crippen LogP contribution in [0.4, 0.5) is 0 Å². The molecule has 0 aromatic carbocycles. The average Bonchev–Trinajstić information content (AvgIpc) is 2.96. The van der Waals surface area contributed by atoms with Gasteiger partial charge in [0.1, 0.15) is 0 Å². The molecule has 0 spiro atoms. The first kappa shape index (κ1) is 13.4. The van der Waals surface area contributed by atoms with Crippen molar-refractivity contribution in [1.29, 1.82) is 0 Å². The first-order valence-corrected chi connectivity index (χ1v) is 6.56. The SMILES string of the molecule is CCCc1cn[nH]c1-c1c(C(=O)OCC)c[nH]c1C. The number of aryl methyl sites for hydroxylation is 2.